The van der Waals surface area contributed by atoms with E-state index < -0.39 is 0 Å². The van der Waals surface area contributed by atoms with Crippen molar-refractivity contribution in [2.45, 2.75) is 32.2 Å². The molecule has 2 N–H and O–H groups in total. The van der Waals surface area contributed by atoms with Crippen LogP contribution in [0.5, 0.6) is 5.75 Å². The molecule has 2 rings (SSSR count). The number of amides is 1. The Morgan fingerprint density at radius 1 is 1.50 bits per heavy atom. The number of rotatable bonds is 6. The van der Waals surface area contributed by atoms with Crippen molar-refractivity contribution in [2.75, 3.05) is 20.2 Å². The minimum atomic E-state index is 0.137. The fraction of sp³-hybridized carbons (Fsp3) is 0.562. The number of ether oxygens (including phenoxy) is 1. The number of carbonyl (C=O) groups excluding carboxylic acids is 1. The summed E-state index contributed by atoms with van der Waals surface area (Å²) in [5.41, 5.74) is 1.07. The Labute approximate surface area is 120 Å². The molecule has 0 radical (unpaired) electrons. The molecule has 0 aliphatic carbocycles. The second-order valence-corrected chi connectivity index (χ2v) is 5.38. The van der Waals surface area contributed by atoms with Gasteiger partial charge in [0, 0.05) is 13.0 Å². The summed E-state index contributed by atoms with van der Waals surface area (Å²) >= 11 is 0. The van der Waals surface area contributed by atoms with Crippen LogP contribution in [-0.4, -0.2) is 26.1 Å². The molecule has 0 bridgehead atoms. The van der Waals surface area contributed by atoms with E-state index in [0.29, 0.717) is 18.9 Å². The van der Waals surface area contributed by atoms with Gasteiger partial charge in [0.25, 0.3) is 0 Å². The summed E-state index contributed by atoms with van der Waals surface area (Å²) in [6.45, 7) is 2.75. The standard InChI is InChI=1S/C16H24N2O2/c1-20-15-6-2-4-14(10-15)12-18-16(19)8-7-13-5-3-9-17-11-13/h2,4,6,10,13,17H,3,5,7-9,11-12H2,1H3,(H,18,19). The Morgan fingerprint density at radius 2 is 2.40 bits per heavy atom. The van der Waals surface area contributed by atoms with Crippen LogP contribution in [0.1, 0.15) is 31.2 Å². The van der Waals surface area contributed by atoms with Crippen molar-refractivity contribution in [2.24, 2.45) is 5.92 Å². The maximum atomic E-state index is 11.9. The Bertz CT molecular complexity index is 428. The lowest BCUT2D eigenvalue weighted by molar-refractivity contribution is -0.121. The molecule has 1 unspecified atom stereocenters. The minimum Gasteiger partial charge on any atom is -0.497 e. The molecular weight excluding hydrogens is 252 g/mol. The van der Waals surface area contributed by atoms with Crippen LogP contribution in [0.2, 0.25) is 0 Å². The average molecular weight is 276 g/mol. The number of methoxy groups -OCH3 is 1. The maximum absolute atomic E-state index is 11.9. The molecule has 110 valence electrons. The third kappa shape index (κ3) is 4.85. The van der Waals surface area contributed by atoms with E-state index in [1.54, 1.807) is 7.11 Å². The quantitative estimate of drug-likeness (QED) is 0.836. The second kappa shape index (κ2) is 7.90. The summed E-state index contributed by atoms with van der Waals surface area (Å²) in [7, 11) is 1.65. The predicted octanol–water partition coefficient (Wildman–Crippen LogP) is 2.09. The lowest BCUT2D eigenvalue weighted by Crippen LogP contribution is -2.31. The van der Waals surface area contributed by atoms with E-state index in [-0.39, 0.29) is 5.91 Å². The highest BCUT2D eigenvalue weighted by molar-refractivity contribution is 5.75. The molecule has 1 aliphatic heterocycles. The lowest BCUT2D eigenvalue weighted by Gasteiger charge is -2.22. The zero-order chi connectivity index (χ0) is 14.2. The first kappa shape index (κ1) is 14.9. The number of hydrogen-bond donors (Lipinski definition) is 2. The first-order chi connectivity index (χ1) is 9.78. The first-order valence-electron chi connectivity index (χ1n) is 7.38. The maximum Gasteiger partial charge on any atom is 0.220 e. The molecule has 4 nitrogen and oxygen atoms in total. The molecule has 1 aromatic carbocycles. The van der Waals surface area contributed by atoms with Crippen LogP contribution in [0.4, 0.5) is 0 Å². The third-order valence-electron chi connectivity index (χ3n) is 3.80. The van der Waals surface area contributed by atoms with E-state index in [9.17, 15) is 4.79 Å². The van der Waals surface area contributed by atoms with Crippen molar-refractivity contribution in [1.82, 2.24) is 10.6 Å². The van der Waals surface area contributed by atoms with Crippen molar-refractivity contribution >= 4 is 5.91 Å². The first-order valence-corrected chi connectivity index (χ1v) is 7.38. The number of carbonyl (C=O) groups is 1. The summed E-state index contributed by atoms with van der Waals surface area (Å²) in [6, 6.07) is 7.79. The molecular formula is C16H24N2O2. The van der Waals surface area contributed by atoms with Gasteiger partial charge in [0.1, 0.15) is 5.75 Å². The molecule has 1 heterocycles. The van der Waals surface area contributed by atoms with Gasteiger partial charge in [-0.3, -0.25) is 4.79 Å². The van der Waals surface area contributed by atoms with E-state index in [1.807, 2.05) is 24.3 Å². The lowest BCUT2D eigenvalue weighted by atomic mass is 9.94. The van der Waals surface area contributed by atoms with Crippen LogP contribution in [0.15, 0.2) is 24.3 Å². The summed E-state index contributed by atoms with van der Waals surface area (Å²) in [5.74, 6) is 1.62. The number of hydrogen-bond acceptors (Lipinski definition) is 3. The van der Waals surface area contributed by atoms with Crippen molar-refractivity contribution in [1.29, 1.82) is 0 Å². The van der Waals surface area contributed by atoms with Crippen molar-refractivity contribution in [3.05, 3.63) is 29.8 Å². The van der Waals surface area contributed by atoms with Gasteiger partial charge >= 0.3 is 0 Å². The molecule has 1 amide bonds. The van der Waals surface area contributed by atoms with Crippen molar-refractivity contribution in [3.63, 3.8) is 0 Å². The largest absolute Gasteiger partial charge is 0.497 e. The van der Waals surface area contributed by atoms with E-state index in [1.165, 1.54) is 12.8 Å². The van der Waals surface area contributed by atoms with Gasteiger partial charge in [0.15, 0.2) is 0 Å². The summed E-state index contributed by atoms with van der Waals surface area (Å²) < 4.78 is 5.17. The molecule has 1 atom stereocenters. The number of benzene rings is 1. The highest BCUT2D eigenvalue weighted by Gasteiger charge is 2.14. The molecule has 0 saturated carbocycles. The smallest absolute Gasteiger partial charge is 0.220 e. The highest BCUT2D eigenvalue weighted by Crippen LogP contribution is 2.16. The summed E-state index contributed by atoms with van der Waals surface area (Å²) in [4.78, 5) is 11.9. The van der Waals surface area contributed by atoms with Crippen LogP contribution >= 0.6 is 0 Å². The number of nitrogens with one attached hydrogen (secondary N) is 2. The van der Waals surface area contributed by atoms with E-state index in [2.05, 4.69) is 10.6 Å². The molecule has 4 heteroatoms. The van der Waals surface area contributed by atoms with Crippen LogP contribution in [0.3, 0.4) is 0 Å². The normalized spacial score (nSPS) is 18.6. The van der Waals surface area contributed by atoms with Crippen molar-refractivity contribution in [3.8, 4) is 5.75 Å². The highest BCUT2D eigenvalue weighted by atomic mass is 16.5. The van der Waals surface area contributed by atoms with Crippen LogP contribution in [0, 0.1) is 5.92 Å². The minimum absolute atomic E-state index is 0.137. The van der Waals surface area contributed by atoms with Crippen molar-refractivity contribution < 1.29 is 9.53 Å². The topological polar surface area (TPSA) is 50.4 Å². The Kier molecular flexibility index (Phi) is 5.87. The summed E-state index contributed by atoms with van der Waals surface area (Å²) in [6.07, 6.45) is 4.08. The predicted molar refractivity (Wildman–Crippen MR) is 79.7 cm³/mol. The van der Waals surface area contributed by atoms with Gasteiger partial charge in [0.05, 0.1) is 7.11 Å². The molecule has 0 spiro atoms. The Hall–Kier alpha value is -1.55. The van der Waals surface area contributed by atoms with Gasteiger partial charge in [0.2, 0.25) is 5.91 Å². The second-order valence-electron chi connectivity index (χ2n) is 5.38. The SMILES string of the molecule is COc1cccc(CNC(=O)CCC2CCCNC2)c1. The van der Waals surface area contributed by atoms with Gasteiger partial charge in [-0.15, -0.1) is 0 Å². The molecule has 1 aromatic rings. The van der Waals surface area contributed by atoms with Crippen LogP contribution in [-0.2, 0) is 11.3 Å². The van der Waals surface area contributed by atoms with E-state index in [4.69, 9.17) is 4.74 Å². The Morgan fingerprint density at radius 3 is 3.15 bits per heavy atom. The fourth-order valence-corrected chi connectivity index (χ4v) is 2.58. The number of piperidine rings is 1. The van der Waals surface area contributed by atoms with E-state index in [0.717, 1.165) is 30.8 Å². The van der Waals surface area contributed by atoms with Crippen LogP contribution < -0.4 is 15.4 Å². The Balaban J connectivity index is 1.68. The van der Waals surface area contributed by atoms with Gasteiger partial charge < -0.3 is 15.4 Å². The van der Waals surface area contributed by atoms with Gasteiger partial charge in [-0.05, 0) is 56.0 Å². The molecule has 1 aliphatic rings. The zero-order valence-electron chi connectivity index (χ0n) is 12.2. The molecule has 0 aromatic heterocycles. The van der Waals surface area contributed by atoms with Gasteiger partial charge in [-0.2, -0.15) is 0 Å². The van der Waals surface area contributed by atoms with E-state index >= 15 is 0 Å². The third-order valence-corrected chi connectivity index (χ3v) is 3.80. The molecule has 1 saturated heterocycles. The monoisotopic (exact) mass is 276 g/mol. The van der Waals surface area contributed by atoms with Crippen LogP contribution in [0.25, 0.3) is 0 Å². The molecule has 1 fully saturated rings. The zero-order valence-corrected chi connectivity index (χ0v) is 12.2. The summed E-state index contributed by atoms with van der Waals surface area (Å²) in [5, 5.41) is 6.36. The fourth-order valence-electron chi connectivity index (χ4n) is 2.58. The average Bonchev–Trinajstić information content (AvgIpc) is 2.52. The molecule has 20 heavy (non-hydrogen) atoms. The van der Waals surface area contributed by atoms with Gasteiger partial charge in [-0.25, -0.2) is 0 Å². The van der Waals surface area contributed by atoms with Gasteiger partial charge in [-0.1, -0.05) is 12.1 Å².